The molecule has 6 N–H and O–H groups in total. The van der Waals surface area contributed by atoms with Crippen molar-refractivity contribution in [2.24, 2.45) is 11.8 Å². The molecule has 0 heterocycles. The third-order valence-electron chi connectivity index (χ3n) is 3.48. The lowest BCUT2D eigenvalue weighted by molar-refractivity contribution is -0.388. The third kappa shape index (κ3) is 17.8. The second kappa shape index (κ2) is 17.9. The van der Waals surface area contributed by atoms with Gasteiger partial charge in [0.05, 0.1) is 26.3 Å². The number of hydrogen-bond acceptors (Lipinski definition) is 4. The van der Waals surface area contributed by atoms with Crippen molar-refractivity contribution in [3.8, 4) is 0 Å². The topological polar surface area (TPSA) is 108 Å². The van der Waals surface area contributed by atoms with Crippen molar-refractivity contribution in [1.82, 2.24) is 0 Å². The molecule has 0 amide bonds. The molecule has 0 aliphatic rings. The van der Waals surface area contributed by atoms with Crippen molar-refractivity contribution in [2.45, 2.75) is 39.5 Å². The van der Waals surface area contributed by atoms with Crippen LogP contribution in [0.2, 0.25) is 0 Å². The fourth-order valence-electron chi connectivity index (χ4n) is 1.99. The van der Waals surface area contributed by atoms with Crippen LogP contribution in [-0.4, -0.2) is 44.7 Å². The molecule has 23 heavy (non-hydrogen) atoms. The Kier molecular flexibility index (Phi) is 21.4. The number of quaternary nitrogens is 2. The van der Waals surface area contributed by atoms with Gasteiger partial charge in [0.15, 0.2) is 0 Å². The van der Waals surface area contributed by atoms with E-state index in [2.05, 4.69) is 18.4 Å². The number of carbonyl (C=O) groups is 2. The number of esters is 1. The molecular formula is C15H32Cl2N2O4. The molecule has 0 aromatic rings. The zero-order chi connectivity index (χ0) is 16.1. The molecule has 0 aliphatic carbocycles. The van der Waals surface area contributed by atoms with Gasteiger partial charge < -0.3 is 45.8 Å². The van der Waals surface area contributed by atoms with Gasteiger partial charge in [0.1, 0.15) is 12.4 Å². The lowest BCUT2D eigenvalue weighted by atomic mass is 9.92. The fraction of sp³-hybridized carbons (Fsp3) is 0.867. The monoisotopic (exact) mass is 374 g/mol. The van der Waals surface area contributed by atoms with E-state index < -0.39 is 0 Å². The van der Waals surface area contributed by atoms with Gasteiger partial charge in [-0.3, -0.25) is 9.59 Å². The van der Waals surface area contributed by atoms with E-state index in [1.807, 2.05) is 0 Å². The largest absolute Gasteiger partial charge is 1.00 e. The normalized spacial score (nSPS) is 12.5. The van der Waals surface area contributed by atoms with Gasteiger partial charge in [-0.1, -0.05) is 6.92 Å². The minimum absolute atomic E-state index is 0. The van der Waals surface area contributed by atoms with Gasteiger partial charge >= 0.3 is 5.97 Å². The number of rotatable bonds is 13. The zero-order valence-corrected chi connectivity index (χ0v) is 15.8. The summed E-state index contributed by atoms with van der Waals surface area (Å²) in [6.45, 7) is 6.44. The summed E-state index contributed by atoms with van der Waals surface area (Å²) in [5, 5.41) is 0. The first kappa shape index (κ1) is 27.4. The molecule has 0 radical (unpaired) electrons. The van der Waals surface area contributed by atoms with Crippen LogP contribution in [0.15, 0.2) is 0 Å². The average molecular weight is 375 g/mol. The molecule has 0 saturated heterocycles. The highest BCUT2D eigenvalue weighted by atomic mass is 35.5. The maximum Gasteiger partial charge on any atom is 0.305 e. The van der Waals surface area contributed by atoms with Gasteiger partial charge in [-0.2, -0.15) is 0 Å². The van der Waals surface area contributed by atoms with Crippen LogP contribution in [0.5, 0.6) is 0 Å². The van der Waals surface area contributed by atoms with E-state index in [1.54, 1.807) is 0 Å². The fourth-order valence-corrected chi connectivity index (χ4v) is 1.99. The molecule has 0 rings (SSSR count). The Hall–Kier alpha value is -0.400. The zero-order valence-electron chi connectivity index (χ0n) is 14.3. The van der Waals surface area contributed by atoms with Crippen LogP contribution in [0.4, 0.5) is 0 Å². The summed E-state index contributed by atoms with van der Waals surface area (Å²) in [5.74, 6) is 0.942. The first-order chi connectivity index (χ1) is 9.99. The summed E-state index contributed by atoms with van der Waals surface area (Å²) in [6.07, 6.45) is 2.72. The molecule has 0 saturated carbocycles. The number of carbonyl (C=O) groups excluding carboxylic acids is 2. The van der Waals surface area contributed by atoms with Crippen molar-refractivity contribution in [1.29, 1.82) is 0 Å². The van der Waals surface area contributed by atoms with Crippen LogP contribution in [-0.2, 0) is 19.1 Å². The molecule has 6 nitrogen and oxygen atoms in total. The molecule has 0 fully saturated rings. The molecule has 0 aromatic carbocycles. The smallest absolute Gasteiger partial charge is 0.305 e. The number of halogens is 2. The minimum Gasteiger partial charge on any atom is -1.00 e. The molecule has 2 unspecified atom stereocenters. The molecule has 8 heteroatoms. The number of Topliss-reactive ketones (excluding diaryl/α,β-unsaturated/α-hetero) is 1. The predicted octanol–water partition coefficient (Wildman–Crippen LogP) is -6.56. The first-order valence-corrected chi connectivity index (χ1v) is 7.80. The molecule has 140 valence electrons. The summed E-state index contributed by atoms with van der Waals surface area (Å²) in [5.41, 5.74) is 7.84. The Morgan fingerprint density at radius 1 is 1.00 bits per heavy atom. The number of ether oxygens (including phenoxy) is 2. The third-order valence-corrected chi connectivity index (χ3v) is 3.48. The Balaban J connectivity index is -0.00000200. The predicted molar refractivity (Wildman–Crippen MR) is 79.1 cm³/mol. The molecule has 0 aliphatic heterocycles. The number of hydrogen-bond donors (Lipinski definition) is 2. The van der Waals surface area contributed by atoms with E-state index in [9.17, 15) is 9.59 Å². The molecule has 0 bridgehead atoms. The SMILES string of the molecule is CC(=O)CCOCCOC(=O)CCC(C[NH3+])CC(C)C[NH3+].[Cl-].[Cl-]. The quantitative estimate of drug-likeness (QED) is 0.247. The second-order valence-corrected chi connectivity index (χ2v) is 5.61. The molecular weight excluding hydrogens is 343 g/mol. The molecule has 0 aromatic heterocycles. The standard InChI is InChI=1S/C15H30N2O4.2ClH/c1-12(10-16)9-14(11-17)3-4-15(19)21-8-7-20-6-5-13(2)18;;/h12,14H,3-11,16-17H2,1-2H3;2*1H. The lowest BCUT2D eigenvalue weighted by Crippen LogP contribution is -3.00. The van der Waals surface area contributed by atoms with E-state index in [0.29, 0.717) is 37.9 Å². The second-order valence-electron chi connectivity index (χ2n) is 5.61. The van der Waals surface area contributed by atoms with Gasteiger partial charge in [0.25, 0.3) is 0 Å². The number of ketones is 1. The average Bonchev–Trinajstić information content (AvgIpc) is 2.46. The Bertz CT molecular complexity index is 307. The van der Waals surface area contributed by atoms with E-state index in [4.69, 9.17) is 9.47 Å². The van der Waals surface area contributed by atoms with Crippen LogP contribution in [0.3, 0.4) is 0 Å². The van der Waals surface area contributed by atoms with E-state index in [0.717, 1.165) is 25.9 Å². The van der Waals surface area contributed by atoms with Crippen LogP contribution in [0.1, 0.15) is 39.5 Å². The van der Waals surface area contributed by atoms with Gasteiger partial charge in [0, 0.05) is 24.7 Å². The van der Waals surface area contributed by atoms with E-state index >= 15 is 0 Å². The molecule has 0 spiro atoms. The minimum atomic E-state index is -0.189. The summed E-state index contributed by atoms with van der Waals surface area (Å²) >= 11 is 0. The Morgan fingerprint density at radius 3 is 2.17 bits per heavy atom. The van der Waals surface area contributed by atoms with Crippen molar-refractivity contribution in [2.75, 3.05) is 32.9 Å². The highest BCUT2D eigenvalue weighted by molar-refractivity contribution is 5.75. The summed E-state index contributed by atoms with van der Waals surface area (Å²) in [7, 11) is 0. The van der Waals surface area contributed by atoms with Crippen molar-refractivity contribution < 1.29 is 55.3 Å². The van der Waals surface area contributed by atoms with Crippen LogP contribution in [0, 0.1) is 11.8 Å². The molecule has 2 atom stereocenters. The van der Waals surface area contributed by atoms with Gasteiger partial charge in [-0.05, 0) is 19.8 Å². The van der Waals surface area contributed by atoms with Crippen molar-refractivity contribution >= 4 is 11.8 Å². The van der Waals surface area contributed by atoms with Gasteiger partial charge in [-0.15, -0.1) is 0 Å². The van der Waals surface area contributed by atoms with Crippen molar-refractivity contribution in [3.05, 3.63) is 0 Å². The van der Waals surface area contributed by atoms with E-state index in [-0.39, 0.29) is 43.2 Å². The van der Waals surface area contributed by atoms with Gasteiger partial charge in [-0.25, -0.2) is 0 Å². The summed E-state index contributed by atoms with van der Waals surface area (Å²) in [4.78, 5) is 22.3. The summed E-state index contributed by atoms with van der Waals surface area (Å²) < 4.78 is 10.3. The van der Waals surface area contributed by atoms with Crippen LogP contribution < -0.4 is 36.3 Å². The highest BCUT2D eigenvalue weighted by Gasteiger charge is 2.16. The maximum atomic E-state index is 11.6. The van der Waals surface area contributed by atoms with Crippen LogP contribution in [0.25, 0.3) is 0 Å². The van der Waals surface area contributed by atoms with Crippen molar-refractivity contribution in [3.63, 3.8) is 0 Å². The summed E-state index contributed by atoms with van der Waals surface area (Å²) in [6, 6.07) is 0. The first-order valence-electron chi connectivity index (χ1n) is 7.80. The Labute approximate surface area is 151 Å². The lowest BCUT2D eigenvalue weighted by Gasteiger charge is -2.15. The maximum absolute atomic E-state index is 11.6. The highest BCUT2D eigenvalue weighted by Crippen LogP contribution is 2.15. The van der Waals surface area contributed by atoms with E-state index in [1.165, 1.54) is 6.92 Å². The van der Waals surface area contributed by atoms with Crippen LogP contribution >= 0.6 is 0 Å². The van der Waals surface area contributed by atoms with Gasteiger partial charge in [0.2, 0.25) is 0 Å². The Morgan fingerprint density at radius 2 is 1.65 bits per heavy atom.